The lowest BCUT2D eigenvalue weighted by Crippen LogP contribution is -2.03. The summed E-state index contributed by atoms with van der Waals surface area (Å²) in [4.78, 5) is 11.9. The average molecular weight is 298 g/mol. The number of rotatable bonds is 4. The molecule has 0 bridgehead atoms. The van der Waals surface area contributed by atoms with Gasteiger partial charge in [-0.25, -0.2) is 4.79 Å². The van der Waals surface area contributed by atoms with Gasteiger partial charge in [0, 0.05) is 28.4 Å². The first-order chi connectivity index (χ1) is 8.99. The monoisotopic (exact) mass is 297 g/mol. The number of carbonyl (C=O) groups is 1. The summed E-state index contributed by atoms with van der Waals surface area (Å²) in [7, 11) is 1.72. The second-order valence-electron chi connectivity index (χ2n) is 3.90. The number of nitrogens with two attached hydrogens (primary N) is 1. The molecule has 0 aliphatic rings. The van der Waals surface area contributed by atoms with Crippen LogP contribution in [0.5, 0.6) is 0 Å². The van der Waals surface area contributed by atoms with E-state index < -0.39 is 5.97 Å². The smallest absolute Gasteiger partial charge is 0.339 e. The van der Waals surface area contributed by atoms with Crippen LogP contribution in [0.1, 0.15) is 16.1 Å². The molecule has 0 unspecified atom stereocenters. The first-order valence-electron chi connectivity index (χ1n) is 5.41. The van der Waals surface area contributed by atoms with Crippen LogP contribution in [0.2, 0.25) is 5.02 Å². The van der Waals surface area contributed by atoms with Crippen LogP contribution in [0.4, 0.5) is 5.69 Å². The summed E-state index contributed by atoms with van der Waals surface area (Å²) in [6, 6.07) is 5.24. The standard InChI is InChI=1S/C12H12ClN3O2S/c1-16-10(8(5-15-16)12(17)18)6-19-11-3-2-7(13)4-9(11)14/h2-5H,6,14H2,1H3,(H,17,18). The van der Waals surface area contributed by atoms with Gasteiger partial charge in [0.15, 0.2) is 0 Å². The molecule has 3 N–H and O–H groups in total. The van der Waals surface area contributed by atoms with Crippen LogP contribution in [0.25, 0.3) is 0 Å². The minimum absolute atomic E-state index is 0.211. The molecular weight excluding hydrogens is 286 g/mol. The highest BCUT2D eigenvalue weighted by Gasteiger charge is 2.15. The zero-order valence-electron chi connectivity index (χ0n) is 10.1. The number of hydrogen-bond acceptors (Lipinski definition) is 4. The van der Waals surface area contributed by atoms with E-state index in [-0.39, 0.29) is 5.56 Å². The van der Waals surface area contributed by atoms with E-state index in [1.165, 1.54) is 18.0 Å². The molecule has 2 rings (SSSR count). The minimum Gasteiger partial charge on any atom is -0.478 e. The predicted molar refractivity (Wildman–Crippen MR) is 75.6 cm³/mol. The molecule has 1 heterocycles. The van der Waals surface area contributed by atoms with Gasteiger partial charge in [-0.15, -0.1) is 11.8 Å². The fraction of sp³-hybridized carbons (Fsp3) is 0.167. The zero-order chi connectivity index (χ0) is 14.0. The molecule has 0 saturated carbocycles. The number of aromatic carboxylic acids is 1. The van der Waals surface area contributed by atoms with Crippen molar-refractivity contribution in [2.24, 2.45) is 7.05 Å². The summed E-state index contributed by atoms with van der Waals surface area (Å²) in [5.74, 6) is -0.503. The number of carboxylic acids is 1. The van der Waals surface area contributed by atoms with Crippen molar-refractivity contribution in [1.29, 1.82) is 0 Å². The quantitative estimate of drug-likeness (QED) is 0.670. The highest BCUT2D eigenvalue weighted by Crippen LogP contribution is 2.30. The number of nitrogens with zero attached hydrogens (tertiary/aromatic N) is 2. The summed E-state index contributed by atoms with van der Waals surface area (Å²) < 4.78 is 1.56. The molecule has 0 amide bonds. The van der Waals surface area contributed by atoms with E-state index >= 15 is 0 Å². The average Bonchev–Trinajstić information content (AvgIpc) is 2.70. The van der Waals surface area contributed by atoms with Gasteiger partial charge in [-0.3, -0.25) is 4.68 Å². The molecule has 7 heteroatoms. The number of hydrogen-bond donors (Lipinski definition) is 2. The SMILES string of the molecule is Cn1ncc(C(=O)O)c1CSc1ccc(Cl)cc1N. The number of thioether (sulfide) groups is 1. The molecule has 0 saturated heterocycles. The second kappa shape index (κ2) is 5.54. The number of halogens is 1. The molecule has 0 aliphatic heterocycles. The molecule has 0 fully saturated rings. The van der Waals surface area contributed by atoms with Gasteiger partial charge in [-0.2, -0.15) is 5.10 Å². The van der Waals surface area contributed by atoms with Crippen LogP contribution in [-0.4, -0.2) is 20.9 Å². The fourth-order valence-electron chi connectivity index (χ4n) is 1.61. The van der Waals surface area contributed by atoms with E-state index in [0.29, 0.717) is 22.2 Å². The first-order valence-corrected chi connectivity index (χ1v) is 6.77. The van der Waals surface area contributed by atoms with Gasteiger partial charge >= 0.3 is 5.97 Å². The third kappa shape index (κ3) is 3.02. The van der Waals surface area contributed by atoms with Crippen molar-refractivity contribution in [3.63, 3.8) is 0 Å². The number of carboxylic acid groups (broad SMARTS) is 1. The number of aryl methyl sites for hydroxylation is 1. The predicted octanol–water partition coefficient (Wildman–Crippen LogP) is 2.65. The molecule has 0 radical (unpaired) electrons. The topological polar surface area (TPSA) is 81.1 Å². The molecule has 1 aromatic heterocycles. The lowest BCUT2D eigenvalue weighted by Gasteiger charge is -2.07. The molecule has 1 aromatic carbocycles. The molecule has 2 aromatic rings. The van der Waals surface area contributed by atoms with Crippen LogP contribution in [-0.2, 0) is 12.8 Å². The van der Waals surface area contributed by atoms with Crippen molar-refractivity contribution in [3.8, 4) is 0 Å². The summed E-state index contributed by atoms with van der Waals surface area (Å²) in [6.45, 7) is 0. The minimum atomic E-state index is -0.979. The molecule has 0 aliphatic carbocycles. The van der Waals surface area contributed by atoms with Crippen LogP contribution < -0.4 is 5.73 Å². The summed E-state index contributed by atoms with van der Waals surface area (Å²) in [6.07, 6.45) is 1.35. The lowest BCUT2D eigenvalue weighted by molar-refractivity contribution is 0.0696. The highest BCUT2D eigenvalue weighted by atomic mass is 35.5. The lowest BCUT2D eigenvalue weighted by atomic mass is 10.3. The normalized spacial score (nSPS) is 10.6. The summed E-state index contributed by atoms with van der Waals surface area (Å²) in [5, 5.41) is 13.6. The Labute approximate surface area is 119 Å². The van der Waals surface area contributed by atoms with Crippen LogP contribution in [0, 0.1) is 0 Å². The Hall–Kier alpha value is -1.66. The molecule has 0 spiro atoms. The molecule has 100 valence electrons. The molecule has 19 heavy (non-hydrogen) atoms. The second-order valence-corrected chi connectivity index (χ2v) is 5.36. The van der Waals surface area contributed by atoms with Gasteiger partial charge in [0.25, 0.3) is 0 Å². The maximum atomic E-state index is 11.1. The molecular formula is C12H12ClN3O2S. The first kappa shape index (κ1) is 13.8. The van der Waals surface area contributed by atoms with Crippen molar-refractivity contribution in [2.75, 3.05) is 5.73 Å². The highest BCUT2D eigenvalue weighted by molar-refractivity contribution is 7.98. The summed E-state index contributed by atoms with van der Waals surface area (Å²) >= 11 is 7.28. The van der Waals surface area contributed by atoms with E-state index in [4.69, 9.17) is 22.4 Å². The fourth-order valence-corrected chi connectivity index (χ4v) is 2.81. The largest absolute Gasteiger partial charge is 0.478 e. The van der Waals surface area contributed by atoms with E-state index in [1.807, 2.05) is 6.07 Å². The van der Waals surface area contributed by atoms with Crippen LogP contribution >= 0.6 is 23.4 Å². The van der Waals surface area contributed by atoms with Gasteiger partial charge in [-0.05, 0) is 18.2 Å². The van der Waals surface area contributed by atoms with Gasteiger partial charge in [0.2, 0.25) is 0 Å². The summed E-state index contributed by atoms with van der Waals surface area (Å²) in [5.41, 5.74) is 7.29. The van der Waals surface area contributed by atoms with Gasteiger partial charge in [0.1, 0.15) is 5.56 Å². The van der Waals surface area contributed by atoms with Crippen molar-refractivity contribution in [3.05, 3.63) is 40.7 Å². The maximum Gasteiger partial charge on any atom is 0.339 e. The Kier molecular flexibility index (Phi) is 4.01. The zero-order valence-corrected chi connectivity index (χ0v) is 11.7. The third-order valence-corrected chi connectivity index (χ3v) is 3.96. The van der Waals surface area contributed by atoms with E-state index in [9.17, 15) is 4.79 Å². The Balaban J connectivity index is 2.19. The third-order valence-electron chi connectivity index (χ3n) is 2.63. The van der Waals surface area contributed by atoms with Crippen molar-refractivity contribution < 1.29 is 9.90 Å². The van der Waals surface area contributed by atoms with Crippen molar-refractivity contribution >= 4 is 35.0 Å². The van der Waals surface area contributed by atoms with E-state index in [0.717, 1.165) is 4.90 Å². The number of benzene rings is 1. The Morgan fingerprint density at radius 2 is 2.32 bits per heavy atom. The Morgan fingerprint density at radius 1 is 1.58 bits per heavy atom. The van der Waals surface area contributed by atoms with Crippen LogP contribution in [0.3, 0.4) is 0 Å². The van der Waals surface area contributed by atoms with Gasteiger partial charge < -0.3 is 10.8 Å². The van der Waals surface area contributed by atoms with Crippen molar-refractivity contribution in [2.45, 2.75) is 10.6 Å². The van der Waals surface area contributed by atoms with Crippen LogP contribution in [0.15, 0.2) is 29.3 Å². The Bertz CT molecular complexity index is 627. The van der Waals surface area contributed by atoms with Gasteiger partial charge in [0.05, 0.1) is 11.9 Å². The number of nitrogen functional groups attached to an aromatic ring is 1. The number of aromatic nitrogens is 2. The maximum absolute atomic E-state index is 11.1. The number of anilines is 1. The molecule has 0 atom stereocenters. The van der Waals surface area contributed by atoms with Crippen molar-refractivity contribution in [1.82, 2.24) is 9.78 Å². The van der Waals surface area contributed by atoms with E-state index in [1.54, 1.807) is 23.9 Å². The van der Waals surface area contributed by atoms with E-state index in [2.05, 4.69) is 5.10 Å². The van der Waals surface area contributed by atoms with Gasteiger partial charge in [-0.1, -0.05) is 11.6 Å². The molecule has 5 nitrogen and oxygen atoms in total. The Morgan fingerprint density at radius 3 is 2.95 bits per heavy atom.